The molecular formula is C16H11NO4. The van der Waals surface area contributed by atoms with Crippen molar-refractivity contribution < 1.29 is 19.4 Å². The van der Waals surface area contributed by atoms with Crippen molar-refractivity contribution in [3.63, 3.8) is 0 Å². The number of esters is 1. The van der Waals surface area contributed by atoms with Crippen LogP contribution >= 0.6 is 0 Å². The minimum absolute atomic E-state index is 0.279. The van der Waals surface area contributed by atoms with Crippen LogP contribution in [0.25, 0.3) is 0 Å². The summed E-state index contributed by atoms with van der Waals surface area (Å²) >= 11 is 0. The van der Waals surface area contributed by atoms with E-state index in [2.05, 4.69) is 0 Å². The van der Waals surface area contributed by atoms with Gasteiger partial charge in [-0.1, -0.05) is 23.8 Å². The lowest BCUT2D eigenvalue weighted by Gasteiger charge is -2.37. The summed E-state index contributed by atoms with van der Waals surface area (Å²) in [5.74, 6) is -3.09. The topological polar surface area (TPSA) is 66.8 Å². The van der Waals surface area contributed by atoms with Crippen molar-refractivity contribution in [3.8, 4) is 0 Å². The normalized spacial score (nSPS) is 22.5. The van der Waals surface area contributed by atoms with E-state index in [0.29, 0.717) is 11.3 Å². The summed E-state index contributed by atoms with van der Waals surface area (Å²) < 4.78 is 5.20. The van der Waals surface area contributed by atoms with Gasteiger partial charge in [0.1, 0.15) is 0 Å². The highest BCUT2D eigenvalue weighted by atomic mass is 16.7. The number of aryl methyl sites for hydroxylation is 1. The van der Waals surface area contributed by atoms with Crippen LogP contribution in [0.5, 0.6) is 0 Å². The lowest BCUT2D eigenvalue weighted by molar-refractivity contribution is -0.167. The summed E-state index contributed by atoms with van der Waals surface area (Å²) in [4.78, 5) is 25.9. The fourth-order valence-electron chi connectivity index (χ4n) is 2.90. The van der Waals surface area contributed by atoms with Crippen molar-refractivity contribution in [2.75, 3.05) is 4.90 Å². The lowest BCUT2D eigenvalue weighted by Crippen LogP contribution is -2.51. The molecule has 2 aliphatic rings. The summed E-state index contributed by atoms with van der Waals surface area (Å²) in [6.07, 6.45) is 0. The Hall–Kier alpha value is -2.66. The molecular weight excluding hydrogens is 270 g/mol. The maximum Gasteiger partial charge on any atom is 0.344 e. The first-order chi connectivity index (χ1) is 10.0. The van der Waals surface area contributed by atoms with E-state index in [1.807, 2.05) is 6.92 Å². The molecule has 104 valence electrons. The number of nitrogens with zero attached hydrogens (tertiary/aromatic N) is 1. The van der Waals surface area contributed by atoms with Crippen molar-refractivity contribution in [2.45, 2.75) is 12.8 Å². The van der Waals surface area contributed by atoms with Crippen LogP contribution in [0, 0.1) is 6.92 Å². The Morgan fingerprint density at radius 3 is 2.67 bits per heavy atom. The molecule has 1 atom stereocenters. The highest BCUT2D eigenvalue weighted by Crippen LogP contribution is 2.46. The van der Waals surface area contributed by atoms with Gasteiger partial charge in [0.15, 0.2) is 0 Å². The molecule has 2 aromatic rings. The predicted molar refractivity (Wildman–Crippen MR) is 73.7 cm³/mol. The number of carbonyl (C=O) groups excluding carboxylic acids is 2. The van der Waals surface area contributed by atoms with Crippen molar-refractivity contribution in [1.82, 2.24) is 0 Å². The number of benzene rings is 2. The molecule has 4 rings (SSSR count). The van der Waals surface area contributed by atoms with E-state index < -0.39 is 11.9 Å². The van der Waals surface area contributed by atoms with E-state index in [1.165, 1.54) is 0 Å². The monoisotopic (exact) mass is 281 g/mol. The number of rotatable bonds is 0. The number of hydrogen-bond acceptors (Lipinski definition) is 4. The summed E-state index contributed by atoms with van der Waals surface area (Å²) in [5, 5.41) is 10.8. The molecule has 0 unspecified atom stereocenters. The first-order valence-electron chi connectivity index (χ1n) is 6.53. The summed E-state index contributed by atoms with van der Waals surface area (Å²) in [7, 11) is 0. The number of aliphatic hydroxyl groups is 1. The van der Waals surface area contributed by atoms with Crippen LogP contribution in [0.2, 0.25) is 0 Å². The molecule has 5 heteroatoms. The van der Waals surface area contributed by atoms with Crippen LogP contribution in [0.1, 0.15) is 31.8 Å². The molecule has 21 heavy (non-hydrogen) atoms. The quantitative estimate of drug-likeness (QED) is 0.749. The molecule has 2 heterocycles. The lowest BCUT2D eigenvalue weighted by atomic mass is 10.1. The van der Waals surface area contributed by atoms with Crippen molar-refractivity contribution in [1.29, 1.82) is 0 Å². The molecule has 1 amide bonds. The van der Waals surface area contributed by atoms with Gasteiger partial charge < -0.3 is 9.84 Å². The van der Waals surface area contributed by atoms with Gasteiger partial charge >= 0.3 is 11.9 Å². The van der Waals surface area contributed by atoms with E-state index >= 15 is 0 Å². The Labute approximate surface area is 120 Å². The van der Waals surface area contributed by atoms with E-state index in [4.69, 9.17) is 4.74 Å². The molecule has 2 aromatic carbocycles. The number of hydrogen-bond donors (Lipinski definition) is 1. The smallest absolute Gasteiger partial charge is 0.344 e. The number of fused-ring (bicyclic) bond motifs is 5. The molecule has 5 nitrogen and oxygen atoms in total. The highest BCUT2D eigenvalue weighted by molar-refractivity contribution is 6.15. The Balaban J connectivity index is 2.02. The van der Waals surface area contributed by atoms with E-state index in [0.717, 1.165) is 10.5 Å². The molecule has 0 saturated carbocycles. The third-order valence-corrected chi connectivity index (χ3v) is 3.86. The van der Waals surface area contributed by atoms with Crippen LogP contribution in [0.3, 0.4) is 0 Å². The van der Waals surface area contributed by atoms with Crippen LogP contribution in [-0.2, 0) is 10.6 Å². The number of anilines is 1. The maximum atomic E-state index is 12.6. The Morgan fingerprint density at radius 1 is 1.10 bits per heavy atom. The zero-order valence-electron chi connectivity index (χ0n) is 11.2. The number of amides is 1. The zero-order valence-corrected chi connectivity index (χ0v) is 11.2. The van der Waals surface area contributed by atoms with Gasteiger partial charge in [-0.25, -0.2) is 9.69 Å². The van der Waals surface area contributed by atoms with Crippen LogP contribution in [0.15, 0.2) is 42.5 Å². The van der Waals surface area contributed by atoms with Crippen LogP contribution in [-0.4, -0.2) is 17.0 Å². The summed E-state index contributed by atoms with van der Waals surface area (Å²) in [6, 6.07) is 11.7. The van der Waals surface area contributed by atoms with Crippen molar-refractivity contribution in [2.24, 2.45) is 0 Å². The average molecular weight is 281 g/mol. The third kappa shape index (κ3) is 1.38. The average Bonchev–Trinajstić information content (AvgIpc) is 2.69. The second-order valence-electron chi connectivity index (χ2n) is 5.20. The van der Waals surface area contributed by atoms with Gasteiger partial charge in [0.05, 0.1) is 22.4 Å². The Morgan fingerprint density at radius 2 is 1.86 bits per heavy atom. The minimum atomic E-state index is -2.06. The molecule has 0 fully saturated rings. The Bertz CT molecular complexity index is 814. The molecule has 0 spiro atoms. The van der Waals surface area contributed by atoms with Crippen molar-refractivity contribution >= 4 is 17.6 Å². The first kappa shape index (κ1) is 12.1. The second kappa shape index (κ2) is 3.71. The molecule has 0 aliphatic carbocycles. The predicted octanol–water partition coefficient (Wildman–Crippen LogP) is 1.93. The van der Waals surface area contributed by atoms with Crippen molar-refractivity contribution in [3.05, 3.63) is 64.7 Å². The van der Waals surface area contributed by atoms with Crippen LogP contribution in [0.4, 0.5) is 5.69 Å². The Kier molecular flexibility index (Phi) is 2.14. The molecule has 0 aromatic heterocycles. The van der Waals surface area contributed by atoms with Gasteiger partial charge in [0, 0.05) is 0 Å². The van der Waals surface area contributed by atoms with Gasteiger partial charge in [-0.2, -0.15) is 0 Å². The molecule has 0 saturated heterocycles. The summed E-state index contributed by atoms with van der Waals surface area (Å²) in [6.45, 7) is 1.84. The molecule has 0 bridgehead atoms. The van der Waals surface area contributed by atoms with Gasteiger partial charge in [0.2, 0.25) is 0 Å². The summed E-state index contributed by atoms with van der Waals surface area (Å²) in [5.41, 5.74) is 2.14. The molecule has 1 N–H and O–H groups in total. The third-order valence-electron chi connectivity index (χ3n) is 3.86. The number of carbonyl (C=O) groups is 2. The number of ether oxygens (including phenoxy) is 1. The largest absolute Gasteiger partial charge is 0.405 e. The molecule has 0 radical (unpaired) electrons. The second-order valence-corrected chi connectivity index (χ2v) is 5.20. The fourth-order valence-corrected chi connectivity index (χ4v) is 2.90. The first-order valence-corrected chi connectivity index (χ1v) is 6.53. The van der Waals surface area contributed by atoms with Gasteiger partial charge in [0.25, 0.3) is 5.91 Å². The van der Waals surface area contributed by atoms with Gasteiger partial charge in [-0.05, 0) is 31.2 Å². The standard InChI is InChI=1S/C16H11NO4/c1-9-6-7-13-11(8-9)15(19)21-16(20)12-5-3-2-4-10(12)14(18)17(13)16/h2-8,20H,1H3/t16-/m1/s1. The molecule has 2 aliphatic heterocycles. The minimum Gasteiger partial charge on any atom is -0.405 e. The fraction of sp³-hybridized carbons (Fsp3) is 0.125. The SMILES string of the molecule is Cc1ccc2c(c1)C(=O)O[C@]1(O)c3ccccc3C(=O)N21. The van der Waals surface area contributed by atoms with E-state index in [1.54, 1.807) is 42.5 Å². The zero-order chi connectivity index (χ0) is 14.8. The van der Waals surface area contributed by atoms with Crippen LogP contribution < -0.4 is 4.90 Å². The van der Waals surface area contributed by atoms with Gasteiger partial charge in [-0.15, -0.1) is 0 Å². The maximum absolute atomic E-state index is 12.6. The van der Waals surface area contributed by atoms with E-state index in [9.17, 15) is 14.7 Å². The van der Waals surface area contributed by atoms with Gasteiger partial charge in [-0.3, -0.25) is 4.79 Å². The highest BCUT2D eigenvalue weighted by Gasteiger charge is 2.56. The van der Waals surface area contributed by atoms with E-state index in [-0.39, 0.29) is 17.0 Å².